The molecule has 0 aromatic heterocycles. The van der Waals surface area contributed by atoms with Gasteiger partial charge in [-0.05, 0) is 13.8 Å². The van der Waals surface area contributed by atoms with Gasteiger partial charge in [-0.25, -0.2) is 13.6 Å². The molecule has 0 saturated carbocycles. The molecule has 0 spiro atoms. The van der Waals surface area contributed by atoms with Crippen LogP contribution in [-0.4, -0.2) is 24.9 Å². The van der Waals surface area contributed by atoms with Gasteiger partial charge in [-0.2, -0.15) is 0 Å². The lowest BCUT2D eigenvalue weighted by Gasteiger charge is -2.09. The molecule has 4 nitrogen and oxygen atoms in total. The third-order valence-corrected chi connectivity index (χ3v) is 2.55. The molecule has 0 aliphatic carbocycles. The van der Waals surface area contributed by atoms with Crippen molar-refractivity contribution in [1.29, 1.82) is 0 Å². The fourth-order valence-electron chi connectivity index (χ4n) is 0.445. The van der Waals surface area contributed by atoms with Gasteiger partial charge < -0.3 is 5.11 Å². The van der Waals surface area contributed by atoms with Crippen molar-refractivity contribution in [2.75, 3.05) is 0 Å². The standard InChI is InChI=1S/C6H11NO3S/c1-3-4-6(8)5(2)11(7,9)10/h5-6,8H,1-2H3,(H2,7,9,10)/t5-,6+/m1/s1. The van der Waals surface area contributed by atoms with E-state index in [-0.39, 0.29) is 0 Å². The van der Waals surface area contributed by atoms with Crippen LogP contribution in [-0.2, 0) is 10.0 Å². The Balaban J connectivity index is 4.47. The summed E-state index contributed by atoms with van der Waals surface area (Å²) in [5, 5.41) is 12.7. The van der Waals surface area contributed by atoms with Crippen LogP contribution in [0.4, 0.5) is 0 Å². The molecule has 0 rings (SSSR count). The summed E-state index contributed by atoms with van der Waals surface area (Å²) in [4.78, 5) is 0. The second-order valence-corrected chi connectivity index (χ2v) is 4.05. The lowest BCUT2D eigenvalue weighted by atomic mass is 10.3. The van der Waals surface area contributed by atoms with E-state index in [1.54, 1.807) is 0 Å². The predicted octanol–water partition coefficient (Wildman–Crippen LogP) is -0.952. The number of sulfonamides is 1. The van der Waals surface area contributed by atoms with Gasteiger partial charge >= 0.3 is 0 Å². The Morgan fingerprint density at radius 2 is 2.00 bits per heavy atom. The van der Waals surface area contributed by atoms with Crippen LogP contribution < -0.4 is 5.14 Å². The minimum absolute atomic E-state index is 1.03. The third-order valence-electron chi connectivity index (χ3n) is 1.26. The zero-order chi connectivity index (χ0) is 9.07. The number of primary sulfonamides is 1. The van der Waals surface area contributed by atoms with Gasteiger partial charge in [0, 0.05) is 0 Å². The van der Waals surface area contributed by atoms with Gasteiger partial charge in [0.25, 0.3) is 0 Å². The Hall–Kier alpha value is -0.570. The van der Waals surface area contributed by atoms with Crippen molar-refractivity contribution in [3.63, 3.8) is 0 Å². The van der Waals surface area contributed by atoms with E-state index >= 15 is 0 Å². The Morgan fingerprint density at radius 3 is 2.27 bits per heavy atom. The van der Waals surface area contributed by atoms with Crippen LogP contribution in [0.15, 0.2) is 0 Å². The van der Waals surface area contributed by atoms with Crippen molar-refractivity contribution in [3.05, 3.63) is 0 Å². The molecule has 11 heavy (non-hydrogen) atoms. The van der Waals surface area contributed by atoms with E-state index in [2.05, 4.69) is 11.8 Å². The first-order chi connectivity index (χ1) is 4.89. The van der Waals surface area contributed by atoms with Gasteiger partial charge in [0.1, 0.15) is 11.4 Å². The van der Waals surface area contributed by atoms with Gasteiger partial charge in [0.05, 0.1) is 0 Å². The van der Waals surface area contributed by atoms with Gasteiger partial charge in [0.15, 0.2) is 0 Å². The van der Waals surface area contributed by atoms with Crippen LogP contribution >= 0.6 is 0 Å². The highest BCUT2D eigenvalue weighted by atomic mass is 32.2. The predicted molar refractivity (Wildman–Crippen MR) is 42.0 cm³/mol. The van der Waals surface area contributed by atoms with E-state index < -0.39 is 21.4 Å². The highest BCUT2D eigenvalue weighted by molar-refractivity contribution is 7.89. The lowest BCUT2D eigenvalue weighted by Crippen LogP contribution is -2.35. The summed E-state index contributed by atoms with van der Waals surface area (Å²) in [7, 11) is -3.68. The molecule has 0 aliphatic rings. The van der Waals surface area contributed by atoms with E-state index in [9.17, 15) is 8.42 Å². The average molecular weight is 177 g/mol. The Bertz CT molecular complexity index is 272. The highest BCUT2D eigenvalue weighted by Crippen LogP contribution is 2.00. The number of aliphatic hydroxyl groups is 1. The van der Waals surface area contributed by atoms with E-state index in [1.807, 2.05) is 0 Å². The first-order valence-electron chi connectivity index (χ1n) is 3.01. The summed E-state index contributed by atoms with van der Waals surface area (Å²) in [6, 6.07) is 0. The maximum Gasteiger partial charge on any atom is 0.215 e. The third kappa shape index (κ3) is 3.37. The van der Waals surface area contributed by atoms with E-state index in [1.165, 1.54) is 13.8 Å². The van der Waals surface area contributed by atoms with Crippen molar-refractivity contribution >= 4 is 10.0 Å². The summed E-state index contributed by atoms with van der Waals surface area (Å²) >= 11 is 0. The summed E-state index contributed by atoms with van der Waals surface area (Å²) in [5.74, 6) is 4.70. The van der Waals surface area contributed by atoms with Crippen molar-refractivity contribution in [3.8, 4) is 11.8 Å². The molecule has 0 bridgehead atoms. The van der Waals surface area contributed by atoms with Crippen molar-refractivity contribution in [2.24, 2.45) is 5.14 Å². The molecule has 3 N–H and O–H groups in total. The quantitative estimate of drug-likeness (QED) is 0.533. The number of hydrogen-bond acceptors (Lipinski definition) is 3. The molecular weight excluding hydrogens is 166 g/mol. The fraction of sp³-hybridized carbons (Fsp3) is 0.667. The first kappa shape index (κ1) is 10.4. The maximum atomic E-state index is 10.6. The van der Waals surface area contributed by atoms with E-state index in [4.69, 9.17) is 10.2 Å². The molecule has 0 heterocycles. The molecule has 0 unspecified atom stereocenters. The zero-order valence-corrected chi connectivity index (χ0v) is 7.22. The van der Waals surface area contributed by atoms with E-state index in [0.29, 0.717) is 0 Å². The highest BCUT2D eigenvalue weighted by Gasteiger charge is 2.22. The normalized spacial score (nSPS) is 16.4. The van der Waals surface area contributed by atoms with Crippen molar-refractivity contribution in [2.45, 2.75) is 25.2 Å². The maximum absolute atomic E-state index is 10.6. The van der Waals surface area contributed by atoms with E-state index in [0.717, 1.165) is 0 Å². The van der Waals surface area contributed by atoms with Crippen molar-refractivity contribution < 1.29 is 13.5 Å². The Kier molecular flexibility index (Phi) is 3.52. The Morgan fingerprint density at radius 1 is 1.55 bits per heavy atom. The first-order valence-corrected chi connectivity index (χ1v) is 4.62. The van der Waals surface area contributed by atoms with Crippen molar-refractivity contribution in [1.82, 2.24) is 0 Å². The molecule has 0 amide bonds. The molecule has 0 radical (unpaired) electrons. The SMILES string of the molecule is CC#C[C@H](O)[C@@H](C)S(N)(=O)=O. The monoisotopic (exact) mass is 177 g/mol. The molecule has 0 fully saturated rings. The molecule has 0 aliphatic heterocycles. The molecule has 0 saturated heterocycles. The number of hydrogen-bond donors (Lipinski definition) is 2. The van der Waals surface area contributed by atoms with Gasteiger partial charge in [-0.1, -0.05) is 5.92 Å². The zero-order valence-electron chi connectivity index (χ0n) is 6.40. The van der Waals surface area contributed by atoms with Crippen LogP contribution in [0, 0.1) is 11.8 Å². The minimum atomic E-state index is -3.68. The van der Waals surface area contributed by atoms with Crippen LogP contribution in [0.25, 0.3) is 0 Å². The number of aliphatic hydroxyl groups excluding tert-OH is 1. The van der Waals surface area contributed by atoms with Crippen LogP contribution in [0.2, 0.25) is 0 Å². The molecule has 2 atom stereocenters. The minimum Gasteiger partial charge on any atom is -0.379 e. The molecule has 64 valence electrons. The molecular formula is C6H11NO3S. The second kappa shape index (κ2) is 3.72. The van der Waals surface area contributed by atoms with Crippen LogP contribution in [0.1, 0.15) is 13.8 Å². The second-order valence-electron chi connectivity index (χ2n) is 2.13. The molecule has 5 heteroatoms. The summed E-state index contributed by atoms with van der Waals surface area (Å²) in [5.41, 5.74) is 0. The Labute approximate surface area is 66.5 Å². The number of rotatable bonds is 2. The number of nitrogens with two attached hydrogens (primary N) is 1. The summed E-state index contributed by atoms with van der Waals surface area (Å²) in [6.07, 6.45) is -1.20. The van der Waals surface area contributed by atoms with Crippen LogP contribution in [0.3, 0.4) is 0 Å². The molecule has 0 aromatic carbocycles. The largest absolute Gasteiger partial charge is 0.379 e. The van der Waals surface area contributed by atoms with Gasteiger partial charge in [-0.3, -0.25) is 0 Å². The molecule has 0 aromatic rings. The average Bonchev–Trinajstić information content (AvgIpc) is 1.85. The smallest absolute Gasteiger partial charge is 0.215 e. The summed E-state index contributed by atoms with van der Waals surface area (Å²) < 4.78 is 21.2. The summed E-state index contributed by atoms with van der Waals surface area (Å²) in [6.45, 7) is 2.82. The fourth-order valence-corrected chi connectivity index (χ4v) is 0.872. The van der Waals surface area contributed by atoms with Gasteiger partial charge in [-0.15, -0.1) is 5.92 Å². The topological polar surface area (TPSA) is 80.4 Å². The van der Waals surface area contributed by atoms with Crippen LogP contribution in [0.5, 0.6) is 0 Å². The van der Waals surface area contributed by atoms with Gasteiger partial charge in [0.2, 0.25) is 10.0 Å². The lowest BCUT2D eigenvalue weighted by molar-refractivity contribution is 0.230.